The Morgan fingerprint density at radius 3 is 2.89 bits per heavy atom. The lowest BCUT2D eigenvalue weighted by molar-refractivity contribution is 0.598. The summed E-state index contributed by atoms with van der Waals surface area (Å²) >= 11 is 1.98. The number of halogens is 1. The third kappa shape index (κ3) is 3.63. The summed E-state index contributed by atoms with van der Waals surface area (Å²) in [5, 5.41) is 3.12. The Morgan fingerprint density at radius 1 is 1.37 bits per heavy atom. The second kappa shape index (κ2) is 6.14. The van der Waals surface area contributed by atoms with Crippen molar-refractivity contribution in [3.63, 3.8) is 0 Å². The Balaban J connectivity index is 2.25. The minimum Gasteiger partial charge on any atom is -0.368 e. The van der Waals surface area contributed by atoms with Crippen LogP contribution in [-0.4, -0.2) is 30.6 Å². The van der Waals surface area contributed by atoms with Crippen molar-refractivity contribution in [1.82, 2.24) is 5.32 Å². The summed E-state index contributed by atoms with van der Waals surface area (Å²) in [6.07, 6.45) is 1.09. The van der Waals surface area contributed by atoms with E-state index >= 15 is 0 Å². The maximum absolute atomic E-state index is 14.2. The fourth-order valence-electron chi connectivity index (χ4n) is 2.49. The molecule has 1 N–H and O–H groups in total. The van der Waals surface area contributed by atoms with Crippen molar-refractivity contribution in [2.45, 2.75) is 31.6 Å². The number of hydrogen-bond donors (Lipinski definition) is 1. The molecule has 0 aromatic heterocycles. The highest BCUT2D eigenvalue weighted by Crippen LogP contribution is 2.34. The molecule has 2 nitrogen and oxygen atoms in total. The predicted octanol–water partition coefficient (Wildman–Crippen LogP) is 3.27. The van der Waals surface area contributed by atoms with E-state index in [1.54, 1.807) is 12.1 Å². The first-order chi connectivity index (χ1) is 9.03. The smallest absolute Gasteiger partial charge is 0.146 e. The van der Waals surface area contributed by atoms with E-state index in [0.29, 0.717) is 11.3 Å². The van der Waals surface area contributed by atoms with Gasteiger partial charge in [-0.25, -0.2) is 4.39 Å². The van der Waals surface area contributed by atoms with E-state index in [9.17, 15) is 4.39 Å². The van der Waals surface area contributed by atoms with Crippen LogP contribution >= 0.6 is 11.8 Å². The van der Waals surface area contributed by atoms with Crippen LogP contribution < -0.4 is 10.2 Å². The van der Waals surface area contributed by atoms with Gasteiger partial charge < -0.3 is 10.2 Å². The fraction of sp³-hybridized carbons (Fsp3) is 0.600. The first-order valence-electron chi connectivity index (χ1n) is 6.84. The Morgan fingerprint density at radius 2 is 2.16 bits per heavy atom. The molecule has 1 saturated heterocycles. The SMILES string of the molecule is CNCc1cccc(F)c1N1CCSC(C)(C)CC1. The Kier molecular flexibility index (Phi) is 4.74. The zero-order valence-corrected chi connectivity index (χ0v) is 12.8. The summed E-state index contributed by atoms with van der Waals surface area (Å²) in [5.41, 5.74) is 1.84. The van der Waals surface area contributed by atoms with Crippen LogP contribution in [0, 0.1) is 5.82 Å². The molecule has 1 aromatic carbocycles. The molecule has 0 spiro atoms. The number of anilines is 1. The molecule has 106 valence electrons. The minimum absolute atomic E-state index is 0.0996. The van der Waals surface area contributed by atoms with Gasteiger partial charge in [-0.2, -0.15) is 11.8 Å². The third-order valence-corrected chi connectivity index (χ3v) is 4.96. The Bertz CT molecular complexity index is 434. The van der Waals surface area contributed by atoms with Crippen molar-refractivity contribution < 1.29 is 4.39 Å². The molecule has 4 heteroatoms. The third-order valence-electron chi connectivity index (χ3n) is 3.59. The summed E-state index contributed by atoms with van der Waals surface area (Å²) in [5.74, 6) is 0.956. The van der Waals surface area contributed by atoms with Gasteiger partial charge >= 0.3 is 0 Å². The number of para-hydroxylation sites is 1. The molecule has 1 heterocycles. The molecule has 19 heavy (non-hydrogen) atoms. The number of nitrogens with zero attached hydrogens (tertiary/aromatic N) is 1. The number of nitrogens with one attached hydrogen (secondary N) is 1. The lowest BCUT2D eigenvalue weighted by Crippen LogP contribution is -2.29. The van der Waals surface area contributed by atoms with Gasteiger partial charge in [0, 0.05) is 30.1 Å². The lowest BCUT2D eigenvalue weighted by Gasteiger charge is -2.26. The van der Waals surface area contributed by atoms with Crippen LogP contribution in [0.25, 0.3) is 0 Å². The molecule has 0 aliphatic carbocycles. The fourth-order valence-corrected chi connectivity index (χ4v) is 3.59. The van der Waals surface area contributed by atoms with Crippen LogP contribution in [0.5, 0.6) is 0 Å². The van der Waals surface area contributed by atoms with Gasteiger partial charge in [0.15, 0.2) is 0 Å². The quantitative estimate of drug-likeness (QED) is 0.916. The van der Waals surface area contributed by atoms with Gasteiger partial charge in [-0.15, -0.1) is 0 Å². The van der Waals surface area contributed by atoms with E-state index in [4.69, 9.17) is 0 Å². The molecule has 1 fully saturated rings. The summed E-state index contributed by atoms with van der Waals surface area (Å²) in [6.45, 7) is 7.11. The van der Waals surface area contributed by atoms with Gasteiger partial charge in [0.2, 0.25) is 0 Å². The molecule has 0 saturated carbocycles. The highest BCUT2D eigenvalue weighted by molar-refractivity contribution is 8.00. The van der Waals surface area contributed by atoms with E-state index < -0.39 is 0 Å². The molecule has 1 aliphatic rings. The van der Waals surface area contributed by atoms with E-state index in [0.717, 1.165) is 36.5 Å². The largest absolute Gasteiger partial charge is 0.368 e. The number of thioether (sulfide) groups is 1. The molecular weight excluding hydrogens is 259 g/mol. The van der Waals surface area contributed by atoms with Crippen molar-refractivity contribution in [3.8, 4) is 0 Å². The summed E-state index contributed by atoms with van der Waals surface area (Å²) in [4.78, 5) is 2.21. The van der Waals surface area contributed by atoms with Crippen LogP contribution in [0.15, 0.2) is 18.2 Å². The number of benzene rings is 1. The van der Waals surface area contributed by atoms with Gasteiger partial charge in [-0.3, -0.25) is 0 Å². The topological polar surface area (TPSA) is 15.3 Å². The second-order valence-corrected chi connectivity index (χ2v) is 7.43. The summed E-state index contributed by atoms with van der Waals surface area (Å²) in [6, 6.07) is 5.37. The van der Waals surface area contributed by atoms with Gasteiger partial charge in [-0.05, 0) is 25.1 Å². The zero-order chi connectivity index (χ0) is 13.9. The monoisotopic (exact) mass is 282 g/mol. The molecule has 0 bridgehead atoms. The maximum Gasteiger partial charge on any atom is 0.146 e. The lowest BCUT2D eigenvalue weighted by atomic mass is 10.1. The standard InChI is InChI=1S/C15H23FN2S/c1-15(2)7-8-18(9-10-19-15)14-12(11-17-3)5-4-6-13(14)16/h4-6,17H,7-11H2,1-3H3. The molecule has 0 radical (unpaired) electrons. The normalized spacial score (nSPS) is 19.3. The summed E-state index contributed by atoms with van der Waals surface area (Å²) < 4.78 is 14.5. The summed E-state index contributed by atoms with van der Waals surface area (Å²) in [7, 11) is 1.90. The van der Waals surface area contributed by atoms with E-state index in [-0.39, 0.29) is 5.82 Å². The molecule has 0 unspecified atom stereocenters. The first-order valence-corrected chi connectivity index (χ1v) is 7.83. The van der Waals surface area contributed by atoms with Crippen molar-refractivity contribution in [1.29, 1.82) is 0 Å². The number of hydrogen-bond acceptors (Lipinski definition) is 3. The van der Waals surface area contributed by atoms with Crippen molar-refractivity contribution >= 4 is 17.4 Å². The highest BCUT2D eigenvalue weighted by atomic mass is 32.2. The minimum atomic E-state index is -0.0996. The van der Waals surface area contributed by atoms with E-state index in [1.807, 2.05) is 24.9 Å². The average Bonchev–Trinajstić information content (AvgIpc) is 2.51. The highest BCUT2D eigenvalue weighted by Gasteiger charge is 2.25. The molecule has 2 rings (SSSR count). The van der Waals surface area contributed by atoms with Crippen LogP contribution in [0.1, 0.15) is 25.8 Å². The second-order valence-electron chi connectivity index (χ2n) is 5.62. The zero-order valence-electron chi connectivity index (χ0n) is 12.0. The molecular formula is C15H23FN2S. The van der Waals surface area contributed by atoms with Crippen molar-refractivity contribution in [2.24, 2.45) is 0 Å². The molecule has 1 aromatic rings. The van der Waals surface area contributed by atoms with Gasteiger partial charge in [0.25, 0.3) is 0 Å². The Labute approximate surface area is 119 Å². The molecule has 0 atom stereocenters. The van der Waals surface area contributed by atoms with Gasteiger partial charge in [0.05, 0.1) is 5.69 Å². The van der Waals surface area contributed by atoms with Crippen LogP contribution in [-0.2, 0) is 6.54 Å². The molecule has 0 amide bonds. The predicted molar refractivity (Wildman–Crippen MR) is 82.5 cm³/mol. The number of rotatable bonds is 3. The maximum atomic E-state index is 14.2. The van der Waals surface area contributed by atoms with E-state index in [1.165, 1.54) is 0 Å². The Hall–Kier alpha value is -0.740. The first kappa shape index (κ1) is 14.7. The van der Waals surface area contributed by atoms with Crippen molar-refractivity contribution in [2.75, 3.05) is 30.8 Å². The van der Waals surface area contributed by atoms with Crippen molar-refractivity contribution in [3.05, 3.63) is 29.6 Å². The average molecular weight is 282 g/mol. The van der Waals surface area contributed by atoms with Crippen LogP contribution in [0.2, 0.25) is 0 Å². The molecule has 1 aliphatic heterocycles. The van der Waals surface area contributed by atoms with E-state index in [2.05, 4.69) is 24.1 Å². The van der Waals surface area contributed by atoms with Crippen LogP contribution in [0.4, 0.5) is 10.1 Å². The van der Waals surface area contributed by atoms with Crippen LogP contribution in [0.3, 0.4) is 0 Å². The van der Waals surface area contributed by atoms with Gasteiger partial charge in [-0.1, -0.05) is 26.0 Å². The van der Waals surface area contributed by atoms with Gasteiger partial charge in [0.1, 0.15) is 5.82 Å².